The molecule has 3 heteroatoms. The third-order valence-corrected chi connectivity index (χ3v) is 1.59. The minimum Gasteiger partial charge on any atom is -0.486 e. The first kappa shape index (κ1) is 8.87. The summed E-state index contributed by atoms with van der Waals surface area (Å²) in [7, 11) is 0. The first-order valence-corrected chi connectivity index (χ1v) is 3.80. The summed E-state index contributed by atoms with van der Waals surface area (Å²) in [5.74, 6) is 1.25. The van der Waals surface area contributed by atoms with Crippen LogP contribution in [0.5, 0.6) is 0 Å². The van der Waals surface area contributed by atoms with Crippen LogP contribution in [-0.2, 0) is 9.47 Å². The van der Waals surface area contributed by atoms with Crippen LogP contribution in [0.25, 0.3) is 0 Å². The first-order valence-electron chi connectivity index (χ1n) is 3.80. The summed E-state index contributed by atoms with van der Waals surface area (Å²) in [6, 6.07) is 0. The summed E-state index contributed by atoms with van der Waals surface area (Å²) in [4.78, 5) is 0. The minimum atomic E-state index is -0.0679. The van der Waals surface area contributed by atoms with Gasteiger partial charge in [0.1, 0.15) is 12.7 Å². The van der Waals surface area contributed by atoms with E-state index >= 15 is 0 Å². The number of hydrogen-bond acceptors (Lipinski definition) is 3. The Labute approximate surface area is 72.2 Å². The van der Waals surface area contributed by atoms with Gasteiger partial charge in [0, 0.05) is 6.54 Å². The Kier molecular flexibility index (Phi) is 2.94. The zero-order valence-corrected chi connectivity index (χ0v) is 6.95. The molecule has 0 spiro atoms. The summed E-state index contributed by atoms with van der Waals surface area (Å²) in [5.41, 5.74) is 5.42. The lowest BCUT2D eigenvalue weighted by molar-refractivity contribution is 0.0134. The lowest BCUT2D eigenvalue weighted by Gasteiger charge is -2.25. The maximum atomic E-state index is 5.43. The monoisotopic (exact) mass is 167 g/mol. The van der Waals surface area contributed by atoms with Gasteiger partial charge in [0.15, 0.2) is 11.5 Å². The molecule has 0 fully saturated rings. The standard InChI is InChI=1S/C9H13NO2/c1-3-8-9(4-2)12-7(5-10)6-11-8/h3-4,7H,1-2,5-6,10H2. The molecule has 0 radical (unpaired) electrons. The number of ether oxygens (including phenoxy) is 2. The van der Waals surface area contributed by atoms with Gasteiger partial charge in [0.25, 0.3) is 0 Å². The predicted molar refractivity (Wildman–Crippen MR) is 47.3 cm³/mol. The van der Waals surface area contributed by atoms with Gasteiger partial charge in [-0.1, -0.05) is 13.2 Å². The highest BCUT2D eigenvalue weighted by Gasteiger charge is 2.18. The Balaban J connectivity index is 2.76. The van der Waals surface area contributed by atoms with E-state index in [1.54, 1.807) is 12.2 Å². The van der Waals surface area contributed by atoms with Crippen molar-refractivity contribution in [1.82, 2.24) is 0 Å². The molecule has 0 saturated heterocycles. The number of hydrogen-bond donors (Lipinski definition) is 1. The Bertz CT molecular complexity index is 221. The Hall–Kier alpha value is -1.22. The normalized spacial score (nSPS) is 22.6. The first-order chi connectivity index (χ1) is 5.81. The summed E-state index contributed by atoms with van der Waals surface area (Å²) >= 11 is 0. The van der Waals surface area contributed by atoms with Gasteiger partial charge < -0.3 is 15.2 Å². The highest BCUT2D eigenvalue weighted by atomic mass is 16.6. The van der Waals surface area contributed by atoms with Crippen molar-refractivity contribution in [1.29, 1.82) is 0 Å². The van der Waals surface area contributed by atoms with Gasteiger partial charge >= 0.3 is 0 Å². The van der Waals surface area contributed by atoms with Crippen LogP contribution in [0.1, 0.15) is 0 Å². The Morgan fingerprint density at radius 1 is 1.42 bits per heavy atom. The van der Waals surface area contributed by atoms with Crippen LogP contribution in [0.2, 0.25) is 0 Å². The second-order valence-corrected chi connectivity index (χ2v) is 2.42. The van der Waals surface area contributed by atoms with Crippen LogP contribution in [0.4, 0.5) is 0 Å². The second kappa shape index (κ2) is 3.97. The van der Waals surface area contributed by atoms with Crippen molar-refractivity contribution in [2.24, 2.45) is 5.73 Å². The molecule has 0 aromatic heterocycles. The molecule has 0 amide bonds. The van der Waals surface area contributed by atoms with E-state index in [4.69, 9.17) is 15.2 Å². The Morgan fingerprint density at radius 2 is 2.08 bits per heavy atom. The molecule has 0 aromatic carbocycles. The van der Waals surface area contributed by atoms with Crippen LogP contribution < -0.4 is 5.73 Å². The molecule has 3 nitrogen and oxygen atoms in total. The van der Waals surface area contributed by atoms with E-state index in [1.165, 1.54) is 0 Å². The highest BCUT2D eigenvalue weighted by Crippen LogP contribution is 2.18. The van der Waals surface area contributed by atoms with Crippen molar-refractivity contribution in [3.05, 3.63) is 36.8 Å². The molecule has 1 rings (SSSR count). The summed E-state index contributed by atoms with van der Waals surface area (Å²) in [6.07, 6.45) is 3.13. The number of allylic oxidation sites excluding steroid dienone is 2. The van der Waals surface area contributed by atoms with Crippen molar-refractivity contribution >= 4 is 0 Å². The van der Waals surface area contributed by atoms with Crippen molar-refractivity contribution in [2.75, 3.05) is 13.2 Å². The van der Waals surface area contributed by atoms with E-state index < -0.39 is 0 Å². The molecule has 0 aromatic rings. The predicted octanol–water partition coefficient (Wildman–Crippen LogP) is 0.944. The molecule has 1 atom stereocenters. The van der Waals surface area contributed by atoms with E-state index in [0.29, 0.717) is 24.7 Å². The zero-order valence-electron chi connectivity index (χ0n) is 6.95. The van der Waals surface area contributed by atoms with Gasteiger partial charge in [0.05, 0.1) is 0 Å². The molecule has 1 unspecified atom stereocenters. The van der Waals surface area contributed by atoms with Gasteiger partial charge in [-0.05, 0) is 12.2 Å². The number of nitrogens with two attached hydrogens (primary N) is 1. The summed E-state index contributed by atoms with van der Waals surface area (Å²) in [5, 5.41) is 0. The molecule has 12 heavy (non-hydrogen) atoms. The fourth-order valence-electron chi connectivity index (χ4n) is 0.950. The van der Waals surface area contributed by atoms with Gasteiger partial charge in [0.2, 0.25) is 0 Å². The highest BCUT2D eigenvalue weighted by molar-refractivity contribution is 5.23. The van der Waals surface area contributed by atoms with Crippen LogP contribution in [0.3, 0.4) is 0 Å². The molecule has 66 valence electrons. The van der Waals surface area contributed by atoms with Crippen LogP contribution in [-0.4, -0.2) is 19.3 Å². The molecule has 0 bridgehead atoms. The van der Waals surface area contributed by atoms with Crippen LogP contribution in [0, 0.1) is 0 Å². The third kappa shape index (κ3) is 1.68. The van der Waals surface area contributed by atoms with E-state index in [1.807, 2.05) is 0 Å². The van der Waals surface area contributed by atoms with Crippen molar-refractivity contribution in [3.63, 3.8) is 0 Å². The van der Waals surface area contributed by atoms with Gasteiger partial charge in [-0.15, -0.1) is 0 Å². The lowest BCUT2D eigenvalue weighted by Crippen LogP contribution is -2.31. The van der Waals surface area contributed by atoms with Gasteiger partial charge in [-0.25, -0.2) is 0 Å². The molecule has 0 aliphatic carbocycles. The fourth-order valence-corrected chi connectivity index (χ4v) is 0.950. The van der Waals surface area contributed by atoms with E-state index in [9.17, 15) is 0 Å². The molecule has 1 aliphatic rings. The average molecular weight is 167 g/mol. The fraction of sp³-hybridized carbons (Fsp3) is 0.333. The van der Waals surface area contributed by atoms with E-state index in [-0.39, 0.29) is 6.10 Å². The summed E-state index contributed by atoms with van der Waals surface area (Å²) < 4.78 is 10.7. The average Bonchev–Trinajstić information content (AvgIpc) is 2.16. The third-order valence-electron chi connectivity index (χ3n) is 1.59. The van der Waals surface area contributed by atoms with Crippen molar-refractivity contribution < 1.29 is 9.47 Å². The molecule has 1 aliphatic heterocycles. The van der Waals surface area contributed by atoms with Crippen molar-refractivity contribution in [2.45, 2.75) is 6.10 Å². The van der Waals surface area contributed by atoms with Crippen molar-refractivity contribution in [3.8, 4) is 0 Å². The SMILES string of the molecule is C=CC1=C(C=C)OC(CN)CO1. The molecule has 2 N–H and O–H groups in total. The maximum absolute atomic E-state index is 5.43. The van der Waals surface area contributed by atoms with E-state index in [0.717, 1.165) is 0 Å². The Morgan fingerprint density at radius 3 is 2.58 bits per heavy atom. The molecular formula is C9H13NO2. The zero-order chi connectivity index (χ0) is 8.97. The quantitative estimate of drug-likeness (QED) is 0.680. The maximum Gasteiger partial charge on any atom is 0.161 e. The lowest BCUT2D eigenvalue weighted by atomic mass is 10.3. The number of rotatable bonds is 3. The van der Waals surface area contributed by atoms with Crippen LogP contribution in [0.15, 0.2) is 36.8 Å². The van der Waals surface area contributed by atoms with Gasteiger partial charge in [-0.2, -0.15) is 0 Å². The molecular weight excluding hydrogens is 154 g/mol. The molecule has 1 heterocycles. The smallest absolute Gasteiger partial charge is 0.161 e. The molecule has 0 saturated carbocycles. The van der Waals surface area contributed by atoms with Crippen LogP contribution >= 0.6 is 0 Å². The van der Waals surface area contributed by atoms with Gasteiger partial charge in [-0.3, -0.25) is 0 Å². The van der Waals surface area contributed by atoms with E-state index in [2.05, 4.69) is 13.2 Å². The topological polar surface area (TPSA) is 44.5 Å². The minimum absolute atomic E-state index is 0.0679. The summed E-state index contributed by atoms with van der Waals surface area (Å²) in [6.45, 7) is 8.12. The second-order valence-electron chi connectivity index (χ2n) is 2.42. The largest absolute Gasteiger partial charge is 0.486 e.